The van der Waals surface area contributed by atoms with Crippen LogP contribution < -0.4 is 14.8 Å². The van der Waals surface area contributed by atoms with Gasteiger partial charge in [-0.25, -0.2) is 8.42 Å². The van der Waals surface area contributed by atoms with Crippen molar-refractivity contribution in [3.63, 3.8) is 0 Å². The molecule has 1 aliphatic heterocycles. The molecule has 0 radical (unpaired) electrons. The van der Waals surface area contributed by atoms with Gasteiger partial charge < -0.3 is 14.8 Å². The van der Waals surface area contributed by atoms with E-state index in [4.69, 9.17) is 9.47 Å². The molecule has 0 unspecified atom stereocenters. The molecule has 8 heteroatoms. The molecule has 3 rings (SSSR count). The summed E-state index contributed by atoms with van der Waals surface area (Å²) in [4.78, 5) is 12.7. The van der Waals surface area contributed by atoms with E-state index >= 15 is 0 Å². The van der Waals surface area contributed by atoms with Crippen molar-refractivity contribution in [3.8, 4) is 11.5 Å². The second kappa shape index (κ2) is 10.6. The monoisotopic (exact) mass is 446 g/mol. The highest BCUT2D eigenvalue weighted by Gasteiger charge is 2.25. The molecule has 1 saturated heterocycles. The summed E-state index contributed by atoms with van der Waals surface area (Å²) in [5.41, 5.74) is 0.475. The fourth-order valence-corrected chi connectivity index (χ4v) is 4.92. The van der Waals surface area contributed by atoms with Crippen molar-refractivity contribution in [2.75, 3.05) is 26.2 Å². The SMILES string of the molecule is CC(C)Oc1ccccc1C(=O)NCCOc1ccc(S(=O)(=O)N2CCCCC2)cc1. The van der Waals surface area contributed by atoms with E-state index in [0.29, 0.717) is 36.7 Å². The number of benzene rings is 2. The molecule has 1 aliphatic rings. The number of carbonyl (C=O) groups is 1. The van der Waals surface area contributed by atoms with Crippen LogP contribution in [-0.4, -0.2) is 51.0 Å². The normalized spacial score (nSPS) is 14.9. The summed E-state index contributed by atoms with van der Waals surface area (Å²) in [7, 11) is -3.45. The van der Waals surface area contributed by atoms with Gasteiger partial charge in [0.25, 0.3) is 5.91 Å². The molecule has 1 amide bonds. The maximum Gasteiger partial charge on any atom is 0.255 e. The van der Waals surface area contributed by atoms with Gasteiger partial charge in [-0.15, -0.1) is 0 Å². The van der Waals surface area contributed by atoms with Gasteiger partial charge in [-0.2, -0.15) is 4.31 Å². The Morgan fingerprint density at radius 3 is 2.39 bits per heavy atom. The zero-order chi connectivity index (χ0) is 22.3. The molecule has 7 nitrogen and oxygen atoms in total. The highest BCUT2D eigenvalue weighted by Crippen LogP contribution is 2.23. The van der Waals surface area contributed by atoms with Gasteiger partial charge in [-0.3, -0.25) is 4.79 Å². The van der Waals surface area contributed by atoms with Crippen molar-refractivity contribution < 1.29 is 22.7 Å². The first kappa shape index (κ1) is 23.1. The molecule has 1 heterocycles. The van der Waals surface area contributed by atoms with Gasteiger partial charge in [-0.1, -0.05) is 18.6 Å². The number of para-hydroxylation sites is 1. The summed E-state index contributed by atoms with van der Waals surface area (Å²) < 4.78 is 38.3. The lowest BCUT2D eigenvalue weighted by Crippen LogP contribution is -2.35. The Morgan fingerprint density at radius 2 is 1.71 bits per heavy atom. The average molecular weight is 447 g/mol. The van der Waals surface area contributed by atoms with Crippen molar-refractivity contribution in [2.45, 2.75) is 44.1 Å². The van der Waals surface area contributed by atoms with Crippen LogP contribution in [0.1, 0.15) is 43.5 Å². The number of ether oxygens (including phenoxy) is 2. The molecule has 0 saturated carbocycles. The van der Waals surface area contributed by atoms with Crippen LogP contribution >= 0.6 is 0 Å². The van der Waals surface area contributed by atoms with E-state index in [9.17, 15) is 13.2 Å². The van der Waals surface area contributed by atoms with Crippen molar-refractivity contribution in [1.29, 1.82) is 0 Å². The van der Waals surface area contributed by atoms with E-state index in [1.165, 1.54) is 0 Å². The van der Waals surface area contributed by atoms with E-state index in [1.54, 1.807) is 46.8 Å². The number of hydrogen-bond acceptors (Lipinski definition) is 5. The number of nitrogens with zero attached hydrogens (tertiary/aromatic N) is 1. The van der Waals surface area contributed by atoms with Crippen LogP contribution in [-0.2, 0) is 10.0 Å². The van der Waals surface area contributed by atoms with Crippen molar-refractivity contribution in [2.24, 2.45) is 0 Å². The minimum atomic E-state index is -3.45. The summed E-state index contributed by atoms with van der Waals surface area (Å²) in [6, 6.07) is 13.5. The zero-order valence-electron chi connectivity index (χ0n) is 18.0. The number of nitrogens with one attached hydrogen (secondary N) is 1. The predicted molar refractivity (Wildman–Crippen MR) is 119 cm³/mol. The Hall–Kier alpha value is -2.58. The highest BCUT2D eigenvalue weighted by atomic mass is 32.2. The van der Waals surface area contributed by atoms with Crippen LogP contribution in [0.2, 0.25) is 0 Å². The first-order valence-electron chi connectivity index (χ1n) is 10.6. The van der Waals surface area contributed by atoms with Crippen molar-refractivity contribution in [1.82, 2.24) is 9.62 Å². The summed E-state index contributed by atoms with van der Waals surface area (Å²) in [6.45, 7) is 5.54. The third-order valence-corrected chi connectivity index (χ3v) is 6.84. The Balaban J connectivity index is 1.50. The van der Waals surface area contributed by atoms with Gasteiger partial charge >= 0.3 is 0 Å². The van der Waals surface area contributed by atoms with Crippen LogP contribution in [0.5, 0.6) is 11.5 Å². The minimum Gasteiger partial charge on any atom is -0.492 e. The predicted octanol–water partition coefficient (Wildman–Crippen LogP) is 3.46. The number of piperidine rings is 1. The number of rotatable bonds is 9. The second-order valence-electron chi connectivity index (χ2n) is 7.70. The fraction of sp³-hybridized carbons (Fsp3) is 0.435. The van der Waals surface area contributed by atoms with E-state index < -0.39 is 10.0 Å². The average Bonchev–Trinajstić information content (AvgIpc) is 2.77. The van der Waals surface area contributed by atoms with E-state index in [-0.39, 0.29) is 23.5 Å². The molecule has 0 aromatic heterocycles. The molecular weight excluding hydrogens is 416 g/mol. The molecule has 0 bridgehead atoms. The third-order valence-electron chi connectivity index (χ3n) is 4.93. The quantitative estimate of drug-likeness (QED) is 0.597. The van der Waals surface area contributed by atoms with E-state index in [0.717, 1.165) is 19.3 Å². The maximum absolute atomic E-state index is 12.7. The van der Waals surface area contributed by atoms with Crippen molar-refractivity contribution >= 4 is 15.9 Å². The Morgan fingerprint density at radius 1 is 1.03 bits per heavy atom. The van der Waals surface area contributed by atoms with Crippen LogP contribution in [0.3, 0.4) is 0 Å². The number of sulfonamides is 1. The van der Waals surface area contributed by atoms with Gasteiger partial charge in [0.05, 0.1) is 23.1 Å². The molecule has 1 N–H and O–H groups in total. The van der Waals surface area contributed by atoms with Gasteiger partial charge in [0.1, 0.15) is 18.1 Å². The minimum absolute atomic E-state index is 0.0287. The molecule has 0 spiro atoms. The molecule has 2 aromatic rings. The first-order chi connectivity index (χ1) is 14.9. The Labute approximate surface area is 184 Å². The summed E-state index contributed by atoms with van der Waals surface area (Å²) >= 11 is 0. The lowest BCUT2D eigenvalue weighted by atomic mass is 10.2. The van der Waals surface area contributed by atoms with E-state index in [1.807, 2.05) is 19.9 Å². The molecule has 0 aliphatic carbocycles. The largest absolute Gasteiger partial charge is 0.492 e. The number of carbonyl (C=O) groups excluding carboxylic acids is 1. The standard InChI is InChI=1S/C23H30N2O5S/c1-18(2)30-22-9-5-4-8-21(22)23(26)24-14-17-29-19-10-12-20(13-11-19)31(27,28)25-15-6-3-7-16-25/h4-5,8-13,18H,3,6-7,14-17H2,1-2H3,(H,24,26). The van der Waals surface area contributed by atoms with Gasteiger partial charge in [0.2, 0.25) is 10.0 Å². The smallest absolute Gasteiger partial charge is 0.255 e. The van der Waals surface area contributed by atoms with Gasteiger partial charge in [-0.05, 0) is 63.1 Å². The highest BCUT2D eigenvalue weighted by molar-refractivity contribution is 7.89. The van der Waals surface area contributed by atoms with Crippen LogP contribution in [0.4, 0.5) is 0 Å². The van der Waals surface area contributed by atoms with Crippen LogP contribution in [0.25, 0.3) is 0 Å². The Kier molecular flexibility index (Phi) is 7.92. The second-order valence-corrected chi connectivity index (χ2v) is 9.64. The van der Waals surface area contributed by atoms with Gasteiger partial charge in [0.15, 0.2) is 0 Å². The first-order valence-corrected chi connectivity index (χ1v) is 12.1. The molecule has 0 atom stereocenters. The fourth-order valence-electron chi connectivity index (χ4n) is 3.40. The van der Waals surface area contributed by atoms with Crippen LogP contribution in [0.15, 0.2) is 53.4 Å². The molecule has 168 valence electrons. The number of hydrogen-bond donors (Lipinski definition) is 1. The molecule has 1 fully saturated rings. The lowest BCUT2D eigenvalue weighted by Gasteiger charge is -2.25. The molecule has 2 aromatic carbocycles. The van der Waals surface area contributed by atoms with E-state index in [2.05, 4.69) is 5.32 Å². The van der Waals surface area contributed by atoms with Crippen molar-refractivity contribution in [3.05, 3.63) is 54.1 Å². The maximum atomic E-state index is 12.7. The summed E-state index contributed by atoms with van der Waals surface area (Å²) in [5, 5.41) is 2.81. The zero-order valence-corrected chi connectivity index (χ0v) is 18.9. The number of amides is 1. The third kappa shape index (κ3) is 6.21. The molecule has 31 heavy (non-hydrogen) atoms. The Bertz CT molecular complexity index is 968. The van der Waals surface area contributed by atoms with Gasteiger partial charge in [0, 0.05) is 13.1 Å². The summed E-state index contributed by atoms with van der Waals surface area (Å²) in [6.07, 6.45) is 2.85. The topological polar surface area (TPSA) is 84.9 Å². The lowest BCUT2D eigenvalue weighted by molar-refractivity contribution is 0.0941. The summed E-state index contributed by atoms with van der Waals surface area (Å²) in [5.74, 6) is 0.861. The van der Waals surface area contributed by atoms with Crippen LogP contribution in [0, 0.1) is 0 Å². The molecular formula is C23H30N2O5S.